The summed E-state index contributed by atoms with van der Waals surface area (Å²) in [5.74, 6) is 0.0220. The maximum absolute atomic E-state index is 12.4. The van der Waals surface area contributed by atoms with E-state index in [1.54, 1.807) is 7.11 Å². The number of amides is 1. The molecule has 0 radical (unpaired) electrons. The fraction of sp³-hybridized carbons (Fsp3) is 0.933. The van der Waals surface area contributed by atoms with E-state index in [1.807, 2.05) is 4.90 Å². The molecule has 8 heteroatoms. The van der Waals surface area contributed by atoms with Gasteiger partial charge in [0.25, 0.3) is 0 Å². The van der Waals surface area contributed by atoms with Gasteiger partial charge in [-0.25, -0.2) is 0 Å². The van der Waals surface area contributed by atoms with Gasteiger partial charge in [0.15, 0.2) is 0 Å². The maximum Gasteiger partial charge on any atom is 0.242 e. The van der Waals surface area contributed by atoms with E-state index in [4.69, 9.17) is 15.2 Å². The number of ether oxygens (including phenoxy) is 2. The molecular formula is C15H31Cl2N3O3. The molecule has 0 aromatic heterocycles. The minimum Gasteiger partial charge on any atom is -0.383 e. The Hall–Kier alpha value is -0.110. The van der Waals surface area contributed by atoms with Crippen molar-refractivity contribution >= 4 is 30.7 Å². The SMILES string of the molecule is COCC(N)C(=O)N1CCCC1CN1CC(C)OC(C)C1.Cl.Cl. The van der Waals surface area contributed by atoms with Gasteiger partial charge in [0.1, 0.15) is 6.04 Å². The first kappa shape index (κ1) is 22.9. The topological polar surface area (TPSA) is 68.0 Å². The van der Waals surface area contributed by atoms with Gasteiger partial charge in [-0.05, 0) is 26.7 Å². The van der Waals surface area contributed by atoms with Crippen LogP contribution < -0.4 is 5.73 Å². The molecule has 2 fully saturated rings. The monoisotopic (exact) mass is 371 g/mol. The Labute approximate surface area is 151 Å². The largest absolute Gasteiger partial charge is 0.383 e. The van der Waals surface area contributed by atoms with Gasteiger partial charge in [0.05, 0.1) is 18.8 Å². The zero-order valence-electron chi connectivity index (χ0n) is 14.3. The van der Waals surface area contributed by atoms with Crippen LogP contribution in [0.15, 0.2) is 0 Å². The molecule has 0 spiro atoms. The number of nitrogens with zero attached hydrogens (tertiary/aromatic N) is 2. The van der Waals surface area contributed by atoms with Crippen molar-refractivity contribution < 1.29 is 14.3 Å². The van der Waals surface area contributed by atoms with Gasteiger partial charge in [0.2, 0.25) is 5.91 Å². The Bertz CT molecular complexity index is 353. The van der Waals surface area contributed by atoms with Crippen LogP contribution in [-0.2, 0) is 14.3 Å². The summed E-state index contributed by atoms with van der Waals surface area (Å²) in [7, 11) is 1.57. The third kappa shape index (κ3) is 6.36. The van der Waals surface area contributed by atoms with Crippen LogP contribution >= 0.6 is 24.8 Å². The molecule has 0 saturated carbocycles. The van der Waals surface area contributed by atoms with E-state index in [0.29, 0.717) is 0 Å². The molecule has 2 N–H and O–H groups in total. The van der Waals surface area contributed by atoms with Crippen LogP contribution in [0.25, 0.3) is 0 Å². The van der Waals surface area contributed by atoms with Gasteiger partial charge in [-0.3, -0.25) is 9.69 Å². The molecule has 138 valence electrons. The van der Waals surface area contributed by atoms with E-state index >= 15 is 0 Å². The standard InChI is InChI=1S/C15H29N3O3.2ClH/c1-11-7-17(8-12(2)21-11)9-13-5-4-6-18(13)15(19)14(16)10-20-3;;/h11-14H,4-10,16H2,1-3H3;2*1H. The van der Waals surface area contributed by atoms with Gasteiger partial charge in [-0.2, -0.15) is 0 Å². The molecule has 0 aromatic rings. The molecular weight excluding hydrogens is 341 g/mol. The second kappa shape index (κ2) is 10.7. The van der Waals surface area contributed by atoms with E-state index < -0.39 is 6.04 Å². The molecule has 4 atom stereocenters. The number of hydrogen-bond acceptors (Lipinski definition) is 5. The second-order valence-electron chi connectivity index (χ2n) is 6.37. The Kier molecular flexibility index (Phi) is 10.6. The van der Waals surface area contributed by atoms with Crippen molar-refractivity contribution in [1.29, 1.82) is 0 Å². The summed E-state index contributed by atoms with van der Waals surface area (Å²) in [5.41, 5.74) is 5.90. The van der Waals surface area contributed by atoms with E-state index in [1.165, 1.54) is 0 Å². The Morgan fingerprint density at radius 1 is 1.30 bits per heavy atom. The van der Waals surface area contributed by atoms with Crippen molar-refractivity contribution in [3.8, 4) is 0 Å². The average Bonchev–Trinajstić information content (AvgIpc) is 2.85. The van der Waals surface area contributed by atoms with Crippen LogP contribution in [0.5, 0.6) is 0 Å². The molecule has 0 aliphatic carbocycles. The molecule has 2 rings (SSSR count). The molecule has 0 bridgehead atoms. The van der Waals surface area contributed by atoms with Crippen molar-refractivity contribution in [3.63, 3.8) is 0 Å². The molecule has 1 amide bonds. The first-order valence-electron chi connectivity index (χ1n) is 7.94. The molecule has 6 nitrogen and oxygen atoms in total. The summed E-state index contributed by atoms with van der Waals surface area (Å²) in [6.45, 7) is 8.11. The summed E-state index contributed by atoms with van der Waals surface area (Å²) in [6, 6.07) is -0.268. The van der Waals surface area contributed by atoms with Crippen molar-refractivity contribution in [2.24, 2.45) is 5.73 Å². The summed E-state index contributed by atoms with van der Waals surface area (Å²) >= 11 is 0. The molecule has 23 heavy (non-hydrogen) atoms. The molecule has 2 heterocycles. The molecule has 2 aliphatic heterocycles. The van der Waals surface area contributed by atoms with Crippen molar-refractivity contribution in [2.45, 2.75) is 51.0 Å². The maximum atomic E-state index is 12.4. The van der Waals surface area contributed by atoms with Crippen LogP contribution in [0.4, 0.5) is 0 Å². The zero-order chi connectivity index (χ0) is 15.4. The third-order valence-electron chi connectivity index (χ3n) is 4.29. The van der Waals surface area contributed by atoms with E-state index in [0.717, 1.165) is 39.0 Å². The lowest BCUT2D eigenvalue weighted by Crippen LogP contribution is -2.53. The highest BCUT2D eigenvalue weighted by molar-refractivity contribution is 5.85. The van der Waals surface area contributed by atoms with Gasteiger partial charge in [0, 0.05) is 39.3 Å². The average molecular weight is 372 g/mol. The number of nitrogens with two attached hydrogens (primary N) is 1. The third-order valence-corrected chi connectivity index (χ3v) is 4.29. The number of likely N-dealkylation sites (tertiary alicyclic amines) is 1. The second-order valence-corrected chi connectivity index (χ2v) is 6.37. The first-order chi connectivity index (χ1) is 10.0. The highest BCUT2D eigenvalue weighted by atomic mass is 35.5. The van der Waals surface area contributed by atoms with Crippen LogP contribution in [0.1, 0.15) is 26.7 Å². The Balaban J connectivity index is 0.00000242. The fourth-order valence-corrected chi connectivity index (χ4v) is 3.51. The number of halogens is 2. The zero-order valence-corrected chi connectivity index (χ0v) is 15.9. The lowest BCUT2D eigenvalue weighted by atomic mass is 10.1. The smallest absolute Gasteiger partial charge is 0.242 e. The molecule has 2 saturated heterocycles. The number of hydrogen-bond donors (Lipinski definition) is 1. The number of morpholine rings is 1. The van der Waals surface area contributed by atoms with Crippen molar-refractivity contribution in [3.05, 3.63) is 0 Å². The predicted octanol–water partition coefficient (Wildman–Crippen LogP) is 0.904. The lowest BCUT2D eigenvalue weighted by molar-refractivity contribution is -0.135. The number of rotatable bonds is 5. The Morgan fingerprint density at radius 3 is 2.48 bits per heavy atom. The minimum atomic E-state index is -0.543. The quantitative estimate of drug-likeness (QED) is 0.777. The number of carbonyl (C=O) groups excluding carboxylic acids is 1. The molecule has 4 unspecified atom stereocenters. The highest BCUT2D eigenvalue weighted by Crippen LogP contribution is 2.21. The fourth-order valence-electron chi connectivity index (χ4n) is 3.51. The molecule has 0 aromatic carbocycles. The number of carbonyl (C=O) groups is 1. The van der Waals surface area contributed by atoms with Crippen LogP contribution in [0.2, 0.25) is 0 Å². The van der Waals surface area contributed by atoms with Crippen LogP contribution in [0, 0.1) is 0 Å². The van der Waals surface area contributed by atoms with Gasteiger partial charge in [-0.1, -0.05) is 0 Å². The summed E-state index contributed by atoms with van der Waals surface area (Å²) < 4.78 is 10.8. The van der Waals surface area contributed by atoms with Crippen molar-refractivity contribution in [2.75, 3.05) is 39.9 Å². The van der Waals surface area contributed by atoms with Crippen LogP contribution in [0.3, 0.4) is 0 Å². The highest BCUT2D eigenvalue weighted by Gasteiger charge is 2.34. The predicted molar refractivity (Wildman–Crippen MR) is 95.5 cm³/mol. The van der Waals surface area contributed by atoms with Crippen LogP contribution in [-0.4, -0.2) is 79.9 Å². The van der Waals surface area contributed by atoms with Gasteiger partial charge in [-0.15, -0.1) is 24.8 Å². The van der Waals surface area contributed by atoms with Gasteiger partial charge >= 0.3 is 0 Å². The van der Waals surface area contributed by atoms with Crippen molar-refractivity contribution in [1.82, 2.24) is 9.80 Å². The summed E-state index contributed by atoms with van der Waals surface area (Å²) in [6.07, 6.45) is 2.64. The number of methoxy groups -OCH3 is 1. The van der Waals surface area contributed by atoms with Gasteiger partial charge < -0.3 is 20.1 Å². The van der Waals surface area contributed by atoms with E-state index in [9.17, 15) is 4.79 Å². The first-order valence-corrected chi connectivity index (χ1v) is 7.94. The lowest BCUT2D eigenvalue weighted by Gasteiger charge is -2.38. The summed E-state index contributed by atoms with van der Waals surface area (Å²) in [4.78, 5) is 16.8. The normalized spacial score (nSPS) is 29.6. The minimum absolute atomic E-state index is 0. The molecule has 2 aliphatic rings. The van der Waals surface area contributed by atoms with E-state index in [-0.39, 0.29) is 55.6 Å². The Morgan fingerprint density at radius 2 is 1.91 bits per heavy atom. The summed E-state index contributed by atoms with van der Waals surface area (Å²) in [5, 5.41) is 0. The van der Waals surface area contributed by atoms with E-state index in [2.05, 4.69) is 18.7 Å².